The van der Waals surface area contributed by atoms with Gasteiger partial charge >= 0.3 is 0 Å². The van der Waals surface area contributed by atoms with Crippen LogP contribution >= 0.6 is 23.3 Å². The number of ether oxygens (including phenoxy) is 1. The minimum Gasteiger partial charge on any atom is -0.381 e. The van der Waals surface area contributed by atoms with Crippen molar-refractivity contribution in [2.45, 2.75) is 49.2 Å². The standard InChI is InChI=1S/C19H30N4O2S2/c1-22(18-20-16(21-27-18)15-5-10-25-11-6-15)12-14-4-9-23(13-14)17(24)19(26-2)7-3-8-19/h14-15H,3-13H2,1-2H3. The SMILES string of the molecule is CSC1(C(=O)N2CCC(CN(C)c3nc(C4CCOCC4)ns3)C2)CCC1. The molecule has 1 amide bonds. The third-order valence-electron chi connectivity index (χ3n) is 6.39. The first-order chi connectivity index (χ1) is 13.1. The van der Waals surface area contributed by atoms with Gasteiger partial charge in [0.25, 0.3) is 0 Å². The summed E-state index contributed by atoms with van der Waals surface area (Å²) in [5, 5.41) is 1.00. The number of hydrogen-bond donors (Lipinski definition) is 0. The summed E-state index contributed by atoms with van der Waals surface area (Å²) in [6.45, 7) is 4.37. The van der Waals surface area contributed by atoms with Crippen LogP contribution in [-0.4, -0.2) is 71.1 Å². The molecule has 1 saturated carbocycles. The van der Waals surface area contributed by atoms with E-state index >= 15 is 0 Å². The van der Waals surface area contributed by atoms with Gasteiger partial charge in [0.05, 0.1) is 4.75 Å². The third-order valence-corrected chi connectivity index (χ3v) is 8.60. The van der Waals surface area contributed by atoms with Gasteiger partial charge in [0, 0.05) is 57.3 Å². The highest BCUT2D eigenvalue weighted by molar-refractivity contribution is 8.00. The van der Waals surface area contributed by atoms with Gasteiger partial charge in [-0.3, -0.25) is 4.79 Å². The van der Waals surface area contributed by atoms with Crippen LogP contribution in [0.5, 0.6) is 0 Å². The lowest BCUT2D eigenvalue weighted by atomic mass is 9.83. The topological polar surface area (TPSA) is 58.6 Å². The smallest absolute Gasteiger partial charge is 0.238 e. The van der Waals surface area contributed by atoms with Crippen molar-refractivity contribution in [3.63, 3.8) is 0 Å². The summed E-state index contributed by atoms with van der Waals surface area (Å²) < 4.78 is 9.94. The van der Waals surface area contributed by atoms with Gasteiger partial charge in [-0.2, -0.15) is 4.37 Å². The molecule has 1 aromatic rings. The molecule has 6 nitrogen and oxygen atoms in total. The normalized spacial score (nSPS) is 25.4. The lowest BCUT2D eigenvalue weighted by molar-refractivity contribution is -0.135. The number of hydrogen-bond acceptors (Lipinski definition) is 7. The first-order valence-corrected chi connectivity index (χ1v) is 12.1. The van der Waals surface area contributed by atoms with Crippen LogP contribution in [0.2, 0.25) is 0 Å². The van der Waals surface area contributed by atoms with Crippen molar-refractivity contribution in [1.29, 1.82) is 0 Å². The average Bonchev–Trinajstić information content (AvgIpc) is 3.31. The summed E-state index contributed by atoms with van der Waals surface area (Å²) in [5.74, 6) is 2.33. The number of likely N-dealkylation sites (tertiary alicyclic amines) is 1. The molecule has 3 heterocycles. The number of carbonyl (C=O) groups is 1. The Morgan fingerprint density at radius 2 is 2.15 bits per heavy atom. The molecule has 0 N–H and O–H groups in total. The van der Waals surface area contributed by atoms with E-state index in [1.807, 2.05) is 0 Å². The molecule has 150 valence electrons. The fourth-order valence-electron chi connectivity index (χ4n) is 4.43. The lowest BCUT2D eigenvalue weighted by Gasteiger charge is -2.41. The molecule has 0 radical (unpaired) electrons. The fourth-order valence-corrected chi connectivity index (χ4v) is 6.14. The van der Waals surface area contributed by atoms with Crippen LogP contribution in [0.1, 0.15) is 50.3 Å². The summed E-state index contributed by atoms with van der Waals surface area (Å²) in [6, 6.07) is 0. The predicted octanol–water partition coefficient (Wildman–Crippen LogP) is 3.00. The van der Waals surface area contributed by atoms with Crippen LogP contribution in [0, 0.1) is 5.92 Å². The maximum absolute atomic E-state index is 12.9. The molecule has 2 aliphatic heterocycles. The Kier molecular flexibility index (Phi) is 5.94. The van der Waals surface area contributed by atoms with Crippen molar-refractivity contribution in [3.05, 3.63) is 5.82 Å². The molecule has 0 aromatic carbocycles. The van der Waals surface area contributed by atoms with Crippen molar-refractivity contribution in [3.8, 4) is 0 Å². The molecular formula is C19H30N4O2S2. The minimum absolute atomic E-state index is 0.112. The number of amides is 1. The minimum atomic E-state index is -0.112. The van der Waals surface area contributed by atoms with Crippen LogP contribution in [-0.2, 0) is 9.53 Å². The van der Waals surface area contributed by atoms with Gasteiger partial charge < -0.3 is 14.5 Å². The Morgan fingerprint density at radius 3 is 2.81 bits per heavy atom. The largest absolute Gasteiger partial charge is 0.381 e. The first-order valence-electron chi connectivity index (χ1n) is 10.1. The van der Waals surface area contributed by atoms with E-state index in [1.54, 1.807) is 11.8 Å². The molecule has 1 unspecified atom stereocenters. The third kappa shape index (κ3) is 3.98. The van der Waals surface area contributed by atoms with E-state index in [2.05, 4.69) is 27.5 Å². The number of nitrogens with zero attached hydrogens (tertiary/aromatic N) is 4. The Labute approximate surface area is 170 Å². The number of thioether (sulfide) groups is 1. The summed E-state index contributed by atoms with van der Waals surface area (Å²) in [7, 11) is 2.11. The summed E-state index contributed by atoms with van der Waals surface area (Å²) in [5.41, 5.74) is 0. The highest BCUT2D eigenvalue weighted by Crippen LogP contribution is 2.45. The van der Waals surface area contributed by atoms with E-state index in [0.29, 0.717) is 17.7 Å². The van der Waals surface area contributed by atoms with E-state index in [0.717, 1.165) is 75.9 Å². The molecule has 1 aliphatic carbocycles. The van der Waals surface area contributed by atoms with Gasteiger partial charge in [0.15, 0.2) is 0 Å². The van der Waals surface area contributed by atoms with Crippen molar-refractivity contribution >= 4 is 34.3 Å². The molecule has 4 rings (SSSR count). The highest BCUT2D eigenvalue weighted by atomic mass is 32.2. The van der Waals surface area contributed by atoms with E-state index in [4.69, 9.17) is 9.72 Å². The molecule has 3 aliphatic rings. The van der Waals surface area contributed by atoms with Crippen LogP contribution in [0.4, 0.5) is 5.13 Å². The molecule has 8 heteroatoms. The number of carbonyl (C=O) groups excluding carboxylic acids is 1. The van der Waals surface area contributed by atoms with Gasteiger partial charge in [-0.05, 0) is 50.7 Å². The zero-order chi connectivity index (χ0) is 18.9. The van der Waals surface area contributed by atoms with Gasteiger partial charge in [-0.1, -0.05) is 0 Å². The van der Waals surface area contributed by atoms with Crippen LogP contribution in [0.3, 0.4) is 0 Å². The van der Waals surface area contributed by atoms with Crippen molar-refractivity contribution in [2.75, 3.05) is 51.1 Å². The van der Waals surface area contributed by atoms with Crippen LogP contribution in [0.25, 0.3) is 0 Å². The second kappa shape index (κ2) is 8.25. The van der Waals surface area contributed by atoms with Gasteiger partial charge in [-0.15, -0.1) is 11.8 Å². The molecule has 3 fully saturated rings. The molecular weight excluding hydrogens is 380 g/mol. The molecule has 27 heavy (non-hydrogen) atoms. The van der Waals surface area contributed by atoms with Crippen LogP contribution < -0.4 is 4.90 Å². The zero-order valence-corrected chi connectivity index (χ0v) is 18.0. The fraction of sp³-hybridized carbons (Fsp3) is 0.842. The second-order valence-corrected chi connectivity index (χ2v) is 10.1. The number of anilines is 1. The van der Waals surface area contributed by atoms with Crippen LogP contribution in [0.15, 0.2) is 0 Å². The lowest BCUT2D eigenvalue weighted by Crippen LogP contribution is -2.50. The molecule has 2 saturated heterocycles. The van der Waals surface area contributed by atoms with E-state index < -0.39 is 0 Å². The maximum Gasteiger partial charge on any atom is 0.238 e. The molecule has 0 spiro atoms. The van der Waals surface area contributed by atoms with Gasteiger partial charge in [-0.25, -0.2) is 4.98 Å². The maximum atomic E-state index is 12.9. The second-order valence-electron chi connectivity index (χ2n) is 8.16. The highest BCUT2D eigenvalue weighted by Gasteiger charge is 2.47. The molecule has 1 aromatic heterocycles. The Balaban J connectivity index is 1.31. The Morgan fingerprint density at radius 1 is 1.37 bits per heavy atom. The molecule has 1 atom stereocenters. The van der Waals surface area contributed by atoms with Crippen molar-refractivity contribution in [1.82, 2.24) is 14.3 Å². The zero-order valence-electron chi connectivity index (χ0n) is 16.4. The Hall–Kier alpha value is -0.860. The quantitative estimate of drug-likeness (QED) is 0.719. The van der Waals surface area contributed by atoms with E-state index in [-0.39, 0.29) is 4.75 Å². The summed E-state index contributed by atoms with van der Waals surface area (Å²) in [6.07, 6.45) is 8.52. The van der Waals surface area contributed by atoms with Gasteiger partial charge in [0.1, 0.15) is 5.82 Å². The monoisotopic (exact) mass is 410 g/mol. The van der Waals surface area contributed by atoms with Crippen molar-refractivity contribution < 1.29 is 9.53 Å². The summed E-state index contributed by atoms with van der Waals surface area (Å²) in [4.78, 5) is 22.1. The van der Waals surface area contributed by atoms with Crippen molar-refractivity contribution in [2.24, 2.45) is 5.92 Å². The average molecular weight is 411 g/mol. The Bertz CT molecular complexity index is 652. The van der Waals surface area contributed by atoms with Gasteiger partial charge in [0.2, 0.25) is 11.0 Å². The van der Waals surface area contributed by atoms with E-state index in [9.17, 15) is 4.79 Å². The number of rotatable bonds is 6. The first kappa shape index (κ1) is 19.5. The van der Waals surface area contributed by atoms with E-state index in [1.165, 1.54) is 18.0 Å². The predicted molar refractivity (Wildman–Crippen MR) is 111 cm³/mol. The number of aromatic nitrogens is 2. The summed E-state index contributed by atoms with van der Waals surface area (Å²) >= 11 is 3.26. The molecule has 0 bridgehead atoms.